The van der Waals surface area contributed by atoms with Gasteiger partial charge in [0.1, 0.15) is 23.2 Å². The Labute approximate surface area is 210 Å². The summed E-state index contributed by atoms with van der Waals surface area (Å²) in [6.07, 6.45) is 0.202. The molecule has 2 aliphatic heterocycles. The number of carbonyl (C=O) groups excluding carboxylic acids is 1. The van der Waals surface area contributed by atoms with Gasteiger partial charge in [-0.15, -0.1) is 0 Å². The zero-order valence-corrected chi connectivity index (χ0v) is 20.8. The summed E-state index contributed by atoms with van der Waals surface area (Å²) in [7, 11) is 1.62. The van der Waals surface area contributed by atoms with E-state index >= 15 is 0 Å². The molecule has 3 aromatic carbocycles. The second kappa shape index (κ2) is 9.76. The highest BCUT2D eigenvalue weighted by Gasteiger charge is 2.72. The molecule has 4 unspecified atom stereocenters. The molecule has 7 heteroatoms. The highest BCUT2D eigenvalue weighted by Crippen LogP contribution is 2.57. The number of benzene rings is 3. The third-order valence-corrected chi connectivity index (χ3v) is 6.86. The van der Waals surface area contributed by atoms with Crippen molar-refractivity contribution in [1.82, 2.24) is 0 Å². The summed E-state index contributed by atoms with van der Waals surface area (Å²) in [5.74, 6) is 0.0338. The van der Waals surface area contributed by atoms with E-state index in [1.807, 2.05) is 86.6 Å². The van der Waals surface area contributed by atoms with Crippen molar-refractivity contribution in [1.29, 1.82) is 0 Å². The molecule has 2 fully saturated rings. The minimum atomic E-state index is -1.03. The molecule has 2 heterocycles. The van der Waals surface area contributed by atoms with Gasteiger partial charge >= 0.3 is 11.9 Å². The van der Waals surface area contributed by atoms with Gasteiger partial charge in [0.2, 0.25) is 0 Å². The van der Waals surface area contributed by atoms with Crippen molar-refractivity contribution in [3.63, 3.8) is 0 Å². The Hall–Kier alpha value is -3.68. The van der Waals surface area contributed by atoms with Gasteiger partial charge in [-0.3, -0.25) is 0 Å². The van der Waals surface area contributed by atoms with Crippen molar-refractivity contribution in [3.8, 4) is 11.5 Å². The summed E-state index contributed by atoms with van der Waals surface area (Å²) in [5, 5.41) is 9.18. The van der Waals surface area contributed by atoms with E-state index in [4.69, 9.17) is 18.9 Å². The Balaban J connectivity index is 0.000000179. The SMILES string of the molecule is CCC1(C(=O)O)OC1(C)c1ccccc1.COc1ccc(C2OC2(C)C(=O)Oc2ccccc2)cc1. The predicted octanol–water partition coefficient (Wildman–Crippen LogP) is 5.30. The summed E-state index contributed by atoms with van der Waals surface area (Å²) < 4.78 is 21.5. The van der Waals surface area contributed by atoms with Gasteiger partial charge in [0.05, 0.1) is 7.11 Å². The van der Waals surface area contributed by atoms with Gasteiger partial charge in [-0.05, 0) is 55.7 Å². The van der Waals surface area contributed by atoms with Crippen LogP contribution in [0.3, 0.4) is 0 Å². The molecule has 0 bridgehead atoms. The van der Waals surface area contributed by atoms with Crippen molar-refractivity contribution < 1.29 is 33.6 Å². The van der Waals surface area contributed by atoms with Crippen LogP contribution in [-0.2, 0) is 24.7 Å². The molecule has 2 aliphatic rings. The van der Waals surface area contributed by atoms with Gasteiger partial charge in [0.15, 0.2) is 11.2 Å². The molecule has 0 aromatic heterocycles. The molecule has 2 saturated heterocycles. The molecule has 0 amide bonds. The number of hydrogen-bond donors (Lipinski definition) is 1. The van der Waals surface area contributed by atoms with Gasteiger partial charge in [0, 0.05) is 0 Å². The van der Waals surface area contributed by atoms with E-state index in [0.29, 0.717) is 12.2 Å². The fourth-order valence-electron chi connectivity index (χ4n) is 4.41. The van der Waals surface area contributed by atoms with Gasteiger partial charge in [0.25, 0.3) is 0 Å². The zero-order valence-electron chi connectivity index (χ0n) is 20.8. The van der Waals surface area contributed by atoms with Gasteiger partial charge in [-0.25, -0.2) is 9.59 Å². The van der Waals surface area contributed by atoms with Crippen molar-refractivity contribution in [2.75, 3.05) is 7.11 Å². The Morgan fingerprint density at radius 1 is 0.889 bits per heavy atom. The summed E-state index contributed by atoms with van der Waals surface area (Å²) in [6.45, 7) is 5.41. The van der Waals surface area contributed by atoms with Gasteiger partial charge < -0.3 is 24.1 Å². The van der Waals surface area contributed by atoms with E-state index in [1.165, 1.54) is 0 Å². The van der Waals surface area contributed by atoms with Crippen LogP contribution in [-0.4, -0.2) is 35.4 Å². The number of carboxylic acid groups (broad SMARTS) is 1. The lowest BCUT2D eigenvalue weighted by molar-refractivity contribution is -0.143. The highest BCUT2D eigenvalue weighted by atomic mass is 16.7. The number of rotatable bonds is 7. The largest absolute Gasteiger partial charge is 0.497 e. The van der Waals surface area contributed by atoms with Crippen LogP contribution < -0.4 is 9.47 Å². The first-order valence-electron chi connectivity index (χ1n) is 11.8. The van der Waals surface area contributed by atoms with Gasteiger partial charge in [-0.2, -0.15) is 0 Å². The normalized spacial score (nSPS) is 27.7. The number of aliphatic carboxylic acids is 1. The van der Waals surface area contributed by atoms with E-state index in [1.54, 1.807) is 26.2 Å². The maximum absolute atomic E-state index is 12.2. The van der Waals surface area contributed by atoms with E-state index in [-0.39, 0.29) is 12.1 Å². The predicted molar refractivity (Wildman–Crippen MR) is 133 cm³/mol. The number of ether oxygens (including phenoxy) is 4. The van der Waals surface area contributed by atoms with Crippen LogP contribution in [0.2, 0.25) is 0 Å². The number of hydrogen-bond acceptors (Lipinski definition) is 6. The third-order valence-electron chi connectivity index (χ3n) is 6.86. The molecular weight excluding hydrogens is 460 g/mol. The standard InChI is InChI=1S/C17H16O4.C12H14O3/c1-17(16(18)20-14-6-4-3-5-7-14)15(21-17)12-8-10-13(19-2)11-9-12;1-3-12(10(13)14)11(2,15-12)9-7-5-4-6-8-9/h3-11,15H,1-2H3;4-8H,3H2,1-2H3,(H,13,14). The Morgan fingerprint density at radius 2 is 1.47 bits per heavy atom. The van der Waals surface area contributed by atoms with E-state index in [0.717, 1.165) is 16.9 Å². The molecule has 188 valence electrons. The van der Waals surface area contributed by atoms with Crippen LogP contribution in [0.25, 0.3) is 0 Å². The Bertz CT molecular complexity index is 1210. The lowest BCUT2D eigenvalue weighted by Gasteiger charge is -2.11. The molecule has 0 spiro atoms. The van der Waals surface area contributed by atoms with Crippen LogP contribution in [0, 0.1) is 0 Å². The van der Waals surface area contributed by atoms with Crippen LogP contribution in [0.1, 0.15) is 44.4 Å². The quantitative estimate of drug-likeness (QED) is 0.273. The highest BCUT2D eigenvalue weighted by molar-refractivity contribution is 5.85. The van der Waals surface area contributed by atoms with Gasteiger partial charge in [-0.1, -0.05) is 67.6 Å². The lowest BCUT2D eigenvalue weighted by atomic mass is 9.86. The molecule has 0 saturated carbocycles. The van der Waals surface area contributed by atoms with Crippen molar-refractivity contribution in [2.24, 2.45) is 0 Å². The summed E-state index contributed by atoms with van der Waals surface area (Å²) in [6, 6.07) is 26.0. The minimum absolute atomic E-state index is 0.278. The van der Waals surface area contributed by atoms with E-state index < -0.39 is 22.8 Å². The summed E-state index contributed by atoms with van der Waals surface area (Å²) in [5.41, 5.74) is -0.772. The number of esters is 1. The molecule has 3 aromatic rings. The molecule has 5 rings (SSSR count). The molecule has 36 heavy (non-hydrogen) atoms. The van der Waals surface area contributed by atoms with E-state index in [2.05, 4.69) is 0 Å². The molecule has 7 nitrogen and oxygen atoms in total. The average molecular weight is 491 g/mol. The molecule has 0 aliphatic carbocycles. The minimum Gasteiger partial charge on any atom is -0.497 e. The van der Waals surface area contributed by atoms with Crippen LogP contribution >= 0.6 is 0 Å². The average Bonchev–Trinajstić information content (AvgIpc) is 3.79. The number of carbonyl (C=O) groups is 2. The summed E-state index contributed by atoms with van der Waals surface area (Å²) in [4.78, 5) is 23.4. The fourth-order valence-corrected chi connectivity index (χ4v) is 4.41. The van der Waals surface area contributed by atoms with E-state index in [9.17, 15) is 14.7 Å². The second-order valence-corrected chi connectivity index (χ2v) is 9.07. The first-order valence-corrected chi connectivity index (χ1v) is 11.8. The molecular formula is C29H30O7. The topological polar surface area (TPSA) is 97.9 Å². The second-order valence-electron chi connectivity index (χ2n) is 9.07. The molecule has 1 N–H and O–H groups in total. The van der Waals surface area contributed by atoms with Crippen LogP contribution in [0.15, 0.2) is 84.9 Å². The van der Waals surface area contributed by atoms with Crippen molar-refractivity contribution >= 4 is 11.9 Å². The number of epoxide rings is 2. The lowest BCUT2D eigenvalue weighted by Crippen LogP contribution is -2.30. The van der Waals surface area contributed by atoms with Crippen molar-refractivity contribution in [2.45, 2.75) is 50.1 Å². The number of methoxy groups -OCH3 is 1. The Kier molecular flexibility index (Phi) is 6.89. The number of para-hydroxylation sites is 1. The first kappa shape index (κ1) is 25.4. The number of carboxylic acids is 1. The third kappa shape index (κ3) is 4.59. The Morgan fingerprint density at radius 3 is 1.97 bits per heavy atom. The maximum atomic E-state index is 12.2. The van der Waals surface area contributed by atoms with Crippen molar-refractivity contribution in [3.05, 3.63) is 96.1 Å². The maximum Gasteiger partial charge on any atom is 0.346 e. The monoisotopic (exact) mass is 490 g/mol. The summed E-state index contributed by atoms with van der Waals surface area (Å²) >= 11 is 0. The van der Waals surface area contributed by atoms with Crippen LogP contribution in [0.5, 0.6) is 11.5 Å². The first-order chi connectivity index (χ1) is 17.2. The fraction of sp³-hybridized carbons (Fsp3) is 0.310. The smallest absolute Gasteiger partial charge is 0.346 e. The zero-order chi connectivity index (χ0) is 26.0. The molecule has 0 radical (unpaired) electrons. The van der Waals surface area contributed by atoms with Crippen LogP contribution in [0.4, 0.5) is 0 Å². The molecule has 4 atom stereocenters.